The largest absolute Gasteiger partial charge is 0.416 e. The molecule has 0 bridgehead atoms. The van der Waals surface area contributed by atoms with Gasteiger partial charge < -0.3 is 9.84 Å². The van der Waals surface area contributed by atoms with Crippen LogP contribution in [0.1, 0.15) is 58.0 Å². The fourth-order valence-corrected chi connectivity index (χ4v) is 3.57. The molecule has 1 amide bonds. The number of rotatable bonds is 6. The number of alkyl halides is 3. The number of piperidine rings is 1. The lowest BCUT2D eigenvalue weighted by molar-refractivity contribution is -0.137. The number of hydrogen-bond donors (Lipinski definition) is 1. The minimum absolute atomic E-state index is 0.0204. The van der Waals surface area contributed by atoms with Gasteiger partial charge in [0.1, 0.15) is 0 Å². The van der Waals surface area contributed by atoms with Crippen molar-refractivity contribution in [3.63, 3.8) is 0 Å². The Morgan fingerprint density at radius 1 is 1.19 bits per heavy atom. The topological polar surface area (TPSA) is 71.3 Å². The predicted octanol–water partition coefficient (Wildman–Crippen LogP) is 4.69. The van der Waals surface area contributed by atoms with Crippen LogP contribution in [0.15, 0.2) is 28.8 Å². The van der Waals surface area contributed by atoms with E-state index in [1.54, 1.807) is 0 Å². The Bertz CT molecular complexity index is 889. The molecule has 1 fully saturated rings. The van der Waals surface area contributed by atoms with Crippen molar-refractivity contribution < 1.29 is 22.5 Å². The second-order valence-corrected chi connectivity index (χ2v) is 8.56. The van der Waals surface area contributed by atoms with Crippen LogP contribution in [-0.2, 0) is 11.0 Å². The van der Waals surface area contributed by atoms with Crippen molar-refractivity contribution >= 4 is 5.91 Å². The smallest absolute Gasteiger partial charge is 0.353 e. The van der Waals surface area contributed by atoms with Crippen LogP contribution in [0.3, 0.4) is 0 Å². The second-order valence-electron chi connectivity index (χ2n) is 8.56. The van der Waals surface area contributed by atoms with Crippen molar-refractivity contribution in [3.05, 3.63) is 35.7 Å². The summed E-state index contributed by atoms with van der Waals surface area (Å²) in [5.74, 6) is 0.937. The highest BCUT2D eigenvalue weighted by molar-refractivity contribution is 5.79. The molecule has 1 N–H and O–H groups in total. The van der Waals surface area contributed by atoms with Gasteiger partial charge in [-0.1, -0.05) is 31.1 Å². The van der Waals surface area contributed by atoms with Crippen LogP contribution in [0.2, 0.25) is 0 Å². The zero-order chi connectivity index (χ0) is 22.8. The van der Waals surface area contributed by atoms with E-state index in [0.29, 0.717) is 24.9 Å². The van der Waals surface area contributed by atoms with Gasteiger partial charge in [0.2, 0.25) is 17.6 Å². The van der Waals surface area contributed by atoms with E-state index in [-0.39, 0.29) is 35.3 Å². The normalized spacial score (nSPS) is 18.2. The molecule has 9 heteroatoms. The van der Waals surface area contributed by atoms with E-state index >= 15 is 0 Å². The molecule has 0 radical (unpaired) electrons. The number of halogens is 3. The van der Waals surface area contributed by atoms with E-state index in [2.05, 4.69) is 34.2 Å². The maximum absolute atomic E-state index is 13.0. The first-order valence-electron chi connectivity index (χ1n) is 10.6. The first-order chi connectivity index (χ1) is 14.6. The summed E-state index contributed by atoms with van der Waals surface area (Å²) in [6.45, 7) is 9.50. The number of nitrogens with zero attached hydrogens (tertiary/aromatic N) is 3. The highest BCUT2D eigenvalue weighted by atomic mass is 19.4. The Balaban J connectivity index is 1.61. The molecule has 2 heterocycles. The van der Waals surface area contributed by atoms with Crippen molar-refractivity contribution in [1.82, 2.24) is 20.4 Å². The molecule has 3 rings (SSSR count). The molecule has 1 saturated heterocycles. The van der Waals surface area contributed by atoms with Gasteiger partial charge in [0.05, 0.1) is 11.6 Å². The van der Waals surface area contributed by atoms with E-state index in [4.69, 9.17) is 4.52 Å². The molecule has 0 aliphatic carbocycles. The summed E-state index contributed by atoms with van der Waals surface area (Å²) < 4.78 is 44.2. The average Bonchev–Trinajstić information content (AvgIpc) is 3.23. The van der Waals surface area contributed by atoms with Crippen LogP contribution < -0.4 is 5.32 Å². The first kappa shape index (κ1) is 23.2. The van der Waals surface area contributed by atoms with Gasteiger partial charge in [-0.3, -0.25) is 9.69 Å². The van der Waals surface area contributed by atoms with Crippen molar-refractivity contribution in [3.8, 4) is 11.4 Å². The average molecular weight is 438 g/mol. The van der Waals surface area contributed by atoms with Crippen LogP contribution in [0.25, 0.3) is 11.4 Å². The maximum atomic E-state index is 13.0. The number of hydrogen-bond acceptors (Lipinski definition) is 5. The van der Waals surface area contributed by atoms with Crippen molar-refractivity contribution in [2.24, 2.45) is 11.8 Å². The monoisotopic (exact) mass is 438 g/mol. The molecule has 6 nitrogen and oxygen atoms in total. The van der Waals surface area contributed by atoms with Gasteiger partial charge in [0, 0.05) is 17.5 Å². The van der Waals surface area contributed by atoms with Gasteiger partial charge in [-0.25, -0.2) is 0 Å². The van der Waals surface area contributed by atoms with Crippen LogP contribution in [-0.4, -0.2) is 40.1 Å². The number of carbonyl (C=O) groups excluding carboxylic acids is 1. The minimum atomic E-state index is -4.43. The molecule has 2 unspecified atom stereocenters. The van der Waals surface area contributed by atoms with E-state index in [1.165, 1.54) is 12.1 Å². The summed E-state index contributed by atoms with van der Waals surface area (Å²) >= 11 is 0. The number of likely N-dealkylation sites (tertiary alicyclic amines) is 1. The minimum Gasteiger partial charge on any atom is -0.353 e. The van der Waals surface area contributed by atoms with E-state index < -0.39 is 11.7 Å². The zero-order valence-corrected chi connectivity index (χ0v) is 18.2. The second kappa shape index (κ2) is 9.38. The van der Waals surface area contributed by atoms with E-state index in [1.807, 2.05) is 13.8 Å². The van der Waals surface area contributed by atoms with E-state index in [9.17, 15) is 18.0 Å². The highest BCUT2D eigenvalue weighted by Gasteiger charge is 2.32. The molecule has 0 spiro atoms. The molecule has 2 aromatic rings. The molecular formula is C22H29F3N4O2. The molecule has 2 atom stereocenters. The number of aromatic nitrogens is 2. The summed E-state index contributed by atoms with van der Waals surface area (Å²) in [5.41, 5.74) is -0.497. The molecular weight excluding hydrogens is 409 g/mol. The summed E-state index contributed by atoms with van der Waals surface area (Å²) in [4.78, 5) is 18.9. The van der Waals surface area contributed by atoms with Gasteiger partial charge in [-0.15, -0.1) is 0 Å². The summed E-state index contributed by atoms with van der Waals surface area (Å²) in [6, 6.07) is 4.82. The molecule has 0 saturated carbocycles. The Morgan fingerprint density at radius 2 is 1.87 bits per heavy atom. The Labute approximate surface area is 180 Å². The zero-order valence-electron chi connectivity index (χ0n) is 18.2. The molecule has 1 aromatic carbocycles. The number of benzene rings is 1. The summed E-state index contributed by atoms with van der Waals surface area (Å²) in [5, 5.41) is 6.96. The van der Waals surface area contributed by atoms with Gasteiger partial charge in [0.25, 0.3) is 0 Å². The third-order valence-corrected chi connectivity index (χ3v) is 6.07. The maximum Gasteiger partial charge on any atom is 0.416 e. The standard InChI is InChI=1S/C22H29F3N4O2/c1-13(2)14(3)26-20(30)16-8-10-29(11-9-16)15(4)21-27-19(28-31-21)17-6-5-7-18(12-17)22(23,24)25/h5-7,12-16H,8-11H2,1-4H3,(H,26,30). The summed E-state index contributed by atoms with van der Waals surface area (Å²) in [6.07, 6.45) is -2.97. The predicted molar refractivity (Wildman–Crippen MR) is 110 cm³/mol. The van der Waals surface area contributed by atoms with Gasteiger partial charge in [-0.05, 0) is 57.8 Å². The Morgan fingerprint density at radius 3 is 2.48 bits per heavy atom. The lowest BCUT2D eigenvalue weighted by Gasteiger charge is -2.34. The van der Waals surface area contributed by atoms with Gasteiger partial charge in [-0.2, -0.15) is 18.2 Å². The fourth-order valence-electron chi connectivity index (χ4n) is 3.57. The molecule has 1 aliphatic heterocycles. The lowest BCUT2D eigenvalue weighted by atomic mass is 9.94. The lowest BCUT2D eigenvalue weighted by Crippen LogP contribution is -2.44. The number of amides is 1. The first-order valence-corrected chi connectivity index (χ1v) is 10.6. The van der Waals surface area contributed by atoms with Crippen molar-refractivity contribution in [2.45, 2.75) is 58.8 Å². The third-order valence-electron chi connectivity index (χ3n) is 6.07. The van der Waals surface area contributed by atoms with E-state index in [0.717, 1.165) is 25.0 Å². The number of nitrogens with one attached hydrogen (secondary N) is 1. The van der Waals surface area contributed by atoms with Crippen LogP contribution in [0.5, 0.6) is 0 Å². The van der Waals surface area contributed by atoms with Crippen LogP contribution in [0.4, 0.5) is 13.2 Å². The Kier molecular flexibility index (Phi) is 7.03. The van der Waals surface area contributed by atoms with Crippen LogP contribution in [0, 0.1) is 11.8 Å². The Hall–Kier alpha value is -2.42. The van der Waals surface area contributed by atoms with Crippen LogP contribution >= 0.6 is 0 Å². The molecule has 170 valence electrons. The van der Waals surface area contributed by atoms with Gasteiger partial charge >= 0.3 is 6.18 Å². The quantitative estimate of drug-likeness (QED) is 0.709. The fraction of sp³-hybridized carbons (Fsp3) is 0.591. The number of carbonyl (C=O) groups is 1. The molecule has 1 aliphatic rings. The SMILES string of the molecule is CC(C)C(C)NC(=O)C1CCN(C(C)c2nc(-c3cccc(C(F)(F)F)c3)no2)CC1. The van der Waals surface area contributed by atoms with Gasteiger partial charge in [0.15, 0.2) is 0 Å². The van der Waals surface area contributed by atoms with Crippen molar-refractivity contribution in [2.75, 3.05) is 13.1 Å². The highest BCUT2D eigenvalue weighted by Crippen LogP contribution is 2.32. The van der Waals surface area contributed by atoms with Crippen molar-refractivity contribution in [1.29, 1.82) is 0 Å². The molecule has 1 aromatic heterocycles. The third kappa shape index (κ3) is 5.64. The summed E-state index contributed by atoms with van der Waals surface area (Å²) in [7, 11) is 0. The molecule has 31 heavy (non-hydrogen) atoms.